The lowest BCUT2D eigenvalue weighted by molar-refractivity contribution is 0.0184. The van der Waals surface area contributed by atoms with Crippen LogP contribution in [0, 0.1) is 35.5 Å². The molecule has 3 unspecified atom stereocenters. The van der Waals surface area contributed by atoms with Gasteiger partial charge >= 0.3 is 0 Å². The third-order valence-corrected chi connectivity index (χ3v) is 20.4. The molecule has 2 N–H and O–H groups in total. The molecule has 2 saturated heterocycles. The van der Waals surface area contributed by atoms with Crippen molar-refractivity contribution in [3.05, 3.63) is 34.9 Å². The first-order chi connectivity index (χ1) is 21.1. The van der Waals surface area contributed by atoms with Crippen molar-refractivity contribution in [2.24, 2.45) is 35.5 Å². The van der Waals surface area contributed by atoms with Crippen LogP contribution in [0.4, 0.5) is 0 Å². The predicted molar refractivity (Wildman–Crippen MR) is 191 cm³/mol. The van der Waals surface area contributed by atoms with Gasteiger partial charge in [-0.05, 0) is 190 Å². The van der Waals surface area contributed by atoms with Crippen molar-refractivity contribution in [2.75, 3.05) is 13.1 Å². The number of benzene rings is 1. The second-order valence-corrected chi connectivity index (χ2v) is 23.2. The van der Waals surface area contributed by atoms with Crippen LogP contribution in [-0.2, 0) is 16.7 Å². The van der Waals surface area contributed by atoms with Crippen LogP contribution in [-0.4, -0.2) is 35.5 Å². The van der Waals surface area contributed by atoms with Gasteiger partial charge in [-0.2, -0.15) is 0 Å². The molecule has 0 amide bonds. The summed E-state index contributed by atoms with van der Waals surface area (Å²) in [6.07, 6.45) is 25.9. The van der Waals surface area contributed by atoms with E-state index in [1.807, 2.05) is 0 Å². The third-order valence-electron chi connectivity index (χ3n) is 15.2. The van der Waals surface area contributed by atoms with E-state index in [9.17, 15) is 0 Å². The highest BCUT2D eigenvalue weighted by atomic mass is 31.1. The largest absolute Gasteiger partial charge is 0.313 e. The molecule has 2 heterocycles. The molecule has 11 rings (SSSR count). The van der Waals surface area contributed by atoms with Gasteiger partial charge in [0.25, 0.3) is 0 Å². The van der Waals surface area contributed by atoms with Gasteiger partial charge in [0, 0.05) is 17.2 Å². The van der Waals surface area contributed by atoms with Gasteiger partial charge in [-0.25, -0.2) is 0 Å². The predicted octanol–water partition coefficient (Wildman–Crippen LogP) is 9.48. The quantitative estimate of drug-likeness (QED) is 0.293. The van der Waals surface area contributed by atoms with Gasteiger partial charge in [0.1, 0.15) is 0 Å². The van der Waals surface area contributed by atoms with Crippen molar-refractivity contribution in [2.45, 2.75) is 163 Å². The van der Waals surface area contributed by atoms with Crippen LogP contribution in [0.1, 0.15) is 140 Å². The van der Waals surface area contributed by atoms with Crippen molar-refractivity contribution >= 4 is 17.2 Å². The summed E-state index contributed by atoms with van der Waals surface area (Å²) >= 11 is 0. The Labute approximate surface area is 273 Å². The molecule has 0 spiro atoms. The number of hydrogen-bond donors (Lipinski definition) is 2. The summed E-state index contributed by atoms with van der Waals surface area (Å²) in [6.45, 7) is 9.70. The molecule has 1 aromatic rings. The van der Waals surface area contributed by atoms with Crippen molar-refractivity contribution in [3.8, 4) is 0 Å². The summed E-state index contributed by atoms with van der Waals surface area (Å²) in [5, 5.41) is 9.60. The zero-order chi connectivity index (χ0) is 29.9. The second-order valence-electron chi connectivity index (χ2n) is 19.2. The van der Waals surface area contributed by atoms with Crippen LogP contribution in [0.2, 0.25) is 0 Å². The fourth-order valence-electron chi connectivity index (χ4n) is 14.2. The van der Waals surface area contributed by atoms with E-state index in [0.717, 1.165) is 35.5 Å². The van der Waals surface area contributed by atoms with Crippen LogP contribution in [0.25, 0.3) is 0 Å². The fraction of sp³-hybridized carbons (Fsp3) is 0.850. The highest BCUT2D eigenvalue weighted by molar-refractivity contribution is 7.60. The highest BCUT2D eigenvalue weighted by Crippen LogP contribution is 2.80. The van der Waals surface area contributed by atoms with Crippen molar-refractivity contribution in [3.63, 3.8) is 0 Å². The van der Waals surface area contributed by atoms with Gasteiger partial charge < -0.3 is 10.6 Å². The molecule has 8 aliphatic carbocycles. The Morgan fingerprint density at radius 2 is 1.14 bits per heavy atom. The molecule has 2 nitrogen and oxygen atoms in total. The molecular weight excluding hydrogens is 570 g/mol. The van der Waals surface area contributed by atoms with Gasteiger partial charge in [-0.1, -0.05) is 46.9 Å². The van der Waals surface area contributed by atoms with E-state index in [1.165, 1.54) is 44.9 Å². The fourth-order valence-corrected chi connectivity index (χ4v) is 20.2. The van der Waals surface area contributed by atoms with Crippen LogP contribution in [0.15, 0.2) is 18.2 Å². The SMILES string of the molecule is CC(C)(C)c1ccc(CP(C23CC4CC(CC(C4)C2)C3)C23CC4CC(CC(C4)C2)C3)c(C(P)(C2CCCN2)C2CCCN2)c1. The molecule has 3 atom stereocenters. The minimum atomic E-state index is -0.0607. The molecule has 8 saturated carbocycles. The Morgan fingerprint density at radius 3 is 1.50 bits per heavy atom. The van der Waals surface area contributed by atoms with Crippen LogP contribution in [0.3, 0.4) is 0 Å². The summed E-state index contributed by atoms with van der Waals surface area (Å²) in [5.74, 6) is 6.38. The molecule has 0 radical (unpaired) electrons. The van der Waals surface area contributed by atoms with E-state index in [0.29, 0.717) is 22.4 Å². The smallest absolute Gasteiger partial charge is 0.0405 e. The van der Waals surface area contributed by atoms with Gasteiger partial charge in [0.15, 0.2) is 0 Å². The van der Waals surface area contributed by atoms with Gasteiger partial charge in [-0.3, -0.25) is 0 Å². The maximum atomic E-state index is 4.07. The first-order valence-corrected chi connectivity index (χ1v) is 21.4. The Bertz CT molecular complexity index is 1120. The number of hydrogen-bond acceptors (Lipinski definition) is 2. The average Bonchev–Trinajstić information content (AvgIpc) is 3.69. The van der Waals surface area contributed by atoms with Gasteiger partial charge in [0.05, 0.1) is 0 Å². The summed E-state index contributed by atoms with van der Waals surface area (Å²) in [7, 11) is 3.53. The van der Waals surface area contributed by atoms with E-state index in [2.05, 4.69) is 58.8 Å². The Kier molecular flexibility index (Phi) is 7.35. The van der Waals surface area contributed by atoms with E-state index < -0.39 is 0 Å². The minimum Gasteiger partial charge on any atom is -0.313 e. The highest BCUT2D eigenvalue weighted by Gasteiger charge is 2.62. The first-order valence-electron chi connectivity index (χ1n) is 19.3. The monoisotopic (exact) mass is 632 g/mol. The van der Waals surface area contributed by atoms with Crippen molar-refractivity contribution in [1.29, 1.82) is 0 Å². The Hall–Kier alpha value is -0.0000000000000000555. The number of rotatable bonds is 7. The topological polar surface area (TPSA) is 24.1 Å². The molecule has 1 aromatic carbocycles. The van der Waals surface area contributed by atoms with E-state index in [-0.39, 0.29) is 18.5 Å². The van der Waals surface area contributed by atoms with Crippen LogP contribution < -0.4 is 10.6 Å². The standard InChI is InChI=1S/C40H62N2P2/c1-37(2,3)33-9-8-32(34(18-33)40(43,35-6-4-10-41-35)36-7-5-11-42-36)25-44(38-19-26-12-27(20-38)14-28(13-26)21-38)39-22-29-15-30(23-39)17-31(16-29)24-39/h8-9,18,26-31,35-36,41-42H,4-7,10-17,19-25,43H2,1-3H3. The van der Waals surface area contributed by atoms with Crippen molar-refractivity contribution < 1.29 is 0 Å². The Morgan fingerprint density at radius 1 is 0.705 bits per heavy atom. The lowest BCUT2D eigenvalue weighted by atomic mass is 9.55. The molecule has 242 valence electrons. The lowest BCUT2D eigenvalue weighted by Crippen LogP contribution is -2.57. The third kappa shape index (κ3) is 4.82. The molecular formula is C40H62N2P2. The van der Waals surface area contributed by atoms with Crippen LogP contribution in [0.5, 0.6) is 0 Å². The molecule has 10 fully saturated rings. The average molecular weight is 633 g/mol. The summed E-state index contributed by atoms with van der Waals surface area (Å²) < 4.78 is 0. The maximum absolute atomic E-state index is 4.07. The second kappa shape index (κ2) is 10.8. The van der Waals surface area contributed by atoms with Crippen molar-refractivity contribution in [1.82, 2.24) is 10.6 Å². The van der Waals surface area contributed by atoms with E-state index in [1.54, 1.807) is 93.7 Å². The van der Waals surface area contributed by atoms with Crippen LogP contribution >= 0.6 is 17.2 Å². The molecule has 0 aromatic heterocycles. The summed E-state index contributed by atoms with van der Waals surface area (Å²) in [5.41, 5.74) is 5.24. The molecule has 8 bridgehead atoms. The normalized spacial score (nSPS) is 46.1. The summed E-state index contributed by atoms with van der Waals surface area (Å²) in [6, 6.07) is 9.18. The molecule has 44 heavy (non-hydrogen) atoms. The zero-order valence-corrected chi connectivity index (χ0v) is 30.4. The molecule has 2 aliphatic heterocycles. The number of nitrogens with one attached hydrogen (secondary N) is 2. The summed E-state index contributed by atoms with van der Waals surface area (Å²) in [4.78, 5) is 0. The van der Waals surface area contributed by atoms with E-state index >= 15 is 0 Å². The molecule has 4 heteroatoms. The van der Waals surface area contributed by atoms with Gasteiger partial charge in [0.2, 0.25) is 0 Å². The Balaban J connectivity index is 1.19. The first kappa shape index (κ1) is 30.1. The van der Waals surface area contributed by atoms with E-state index in [4.69, 9.17) is 0 Å². The zero-order valence-electron chi connectivity index (χ0n) is 28.3. The lowest BCUT2D eigenvalue weighted by Gasteiger charge is -2.67. The molecule has 10 aliphatic rings. The minimum absolute atomic E-state index is 0.0607. The van der Waals surface area contributed by atoms with Gasteiger partial charge in [-0.15, -0.1) is 9.24 Å². The maximum Gasteiger partial charge on any atom is 0.0405 e.